The number of nitrogens with zero attached hydrogens (tertiary/aromatic N) is 4. The van der Waals surface area contributed by atoms with Crippen LogP contribution in [0.15, 0.2) is 12.1 Å². The summed E-state index contributed by atoms with van der Waals surface area (Å²) in [5, 5.41) is 10.9. The summed E-state index contributed by atoms with van der Waals surface area (Å²) in [6.07, 6.45) is 9.07. The third-order valence-electron chi connectivity index (χ3n) is 5.56. The van der Waals surface area contributed by atoms with Crippen LogP contribution in [-0.2, 0) is 6.42 Å². The van der Waals surface area contributed by atoms with Crippen molar-refractivity contribution in [1.82, 2.24) is 30.3 Å². The molecule has 0 aliphatic carbocycles. The third kappa shape index (κ3) is 3.68. The molecule has 0 atom stereocenters. The molecule has 0 amide bonds. The summed E-state index contributed by atoms with van der Waals surface area (Å²) in [5.41, 5.74) is 3.81. The molecule has 4 rings (SSSR count). The maximum atomic E-state index is 4.72. The summed E-state index contributed by atoms with van der Waals surface area (Å²) in [5.74, 6) is 2.03. The van der Waals surface area contributed by atoms with Gasteiger partial charge in [-0.05, 0) is 56.9 Å². The van der Waals surface area contributed by atoms with E-state index in [9.17, 15) is 0 Å². The number of unbranched alkanes of at least 4 members (excludes halogenated alkanes) is 1. The Morgan fingerprint density at radius 3 is 2.92 bits per heavy atom. The summed E-state index contributed by atoms with van der Waals surface area (Å²) in [6, 6.07) is 4.02. The van der Waals surface area contributed by atoms with Crippen molar-refractivity contribution in [2.75, 3.05) is 19.6 Å². The number of aromatic nitrogens is 5. The highest BCUT2D eigenvalue weighted by Gasteiger charge is 2.18. The fraction of sp³-hybridized carbons (Fsp3) is 0.632. The number of rotatable bonds is 7. The zero-order valence-corrected chi connectivity index (χ0v) is 15.1. The second-order valence-corrected chi connectivity index (χ2v) is 7.38. The molecule has 1 aliphatic rings. The Morgan fingerprint density at radius 1 is 1.20 bits per heavy atom. The van der Waals surface area contributed by atoms with Crippen LogP contribution in [-0.4, -0.2) is 49.9 Å². The maximum Gasteiger partial charge on any atom is 0.138 e. The number of piperidine rings is 1. The van der Waals surface area contributed by atoms with Gasteiger partial charge in [-0.2, -0.15) is 0 Å². The lowest BCUT2D eigenvalue weighted by molar-refractivity contribution is 0.176. The molecule has 0 radical (unpaired) electrons. The molecule has 0 saturated carbocycles. The largest absolute Gasteiger partial charge is 0.340 e. The number of aromatic amines is 2. The van der Waals surface area contributed by atoms with E-state index in [-0.39, 0.29) is 0 Å². The van der Waals surface area contributed by atoms with Crippen LogP contribution in [0.1, 0.15) is 51.3 Å². The van der Waals surface area contributed by atoms with Gasteiger partial charge in [0.25, 0.3) is 0 Å². The topological polar surface area (TPSA) is 73.5 Å². The monoisotopic (exact) mass is 340 g/mol. The van der Waals surface area contributed by atoms with E-state index in [2.05, 4.69) is 32.2 Å². The van der Waals surface area contributed by atoms with E-state index in [1.54, 1.807) is 0 Å². The van der Waals surface area contributed by atoms with Crippen LogP contribution < -0.4 is 0 Å². The minimum absolute atomic E-state index is 0.880. The SMILES string of the molecule is CCCCC1CCN(CCCc2nc3ccc4[nH]nnc4c3[nH]2)CC1. The average molecular weight is 340 g/mol. The molecule has 2 N–H and O–H groups in total. The quantitative estimate of drug-likeness (QED) is 0.688. The third-order valence-corrected chi connectivity index (χ3v) is 5.56. The van der Waals surface area contributed by atoms with Crippen molar-refractivity contribution >= 4 is 22.1 Å². The van der Waals surface area contributed by atoms with E-state index in [4.69, 9.17) is 4.98 Å². The number of hydrogen-bond acceptors (Lipinski definition) is 4. The van der Waals surface area contributed by atoms with Gasteiger partial charge in [-0.3, -0.25) is 5.10 Å². The first-order valence-electron chi connectivity index (χ1n) is 9.74. The van der Waals surface area contributed by atoms with E-state index in [1.165, 1.54) is 51.7 Å². The zero-order valence-electron chi connectivity index (χ0n) is 15.1. The van der Waals surface area contributed by atoms with Gasteiger partial charge in [-0.25, -0.2) is 4.98 Å². The fourth-order valence-electron chi connectivity index (χ4n) is 4.02. The smallest absolute Gasteiger partial charge is 0.138 e. The van der Waals surface area contributed by atoms with Gasteiger partial charge in [0.1, 0.15) is 11.3 Å². The number of aryl methyl sites for hydroxylation is 1. The highest BCUT2D eigenvalue weighted by atomic mass is 15.3. The zero-order chi connectivity index (χ0) is 17.1. The van der Waals surface area contributed by atoms with Gasteiger partial charge in [0, 0.05) is 6.42 Å². The molecule has 1 aliphatic heterocycles. The minimum Gasteiger partial charge on any atom is -0.340 e. The van der Waals surface area contributed by atoms with Crippen LogP contribution in [0, 0.1) is 5.92 Å². The Morgan fingerprint density at radius 2 is 2.08 bits per heavy atom. The Labute approximate surface area is 148 Å². The second-order valence-electron chi connectivity index (χ2n) is 7.38. The minimum atomic E-state index is 0.880. The van der Waals surface area contributed by atoms with Crippen molar-refractivity contribution < 1.29 is 0 Å². The first-order valence-corrected chi connectivity index (χ1v) is 9.74. The van der Waals surface area contributed by atoms with Gasteiger partial charge >= 0.3 is 0 Å². The molecular formula is C19H28N6. The molecule has 25 heavy (non-hydrogen) atoms. The number of imidazole rings is 1. The number of likely N-dealkylation sites (tertiary alicyclic amines) is 1. The second kappa shape index (κ2) is 7.52. The molecule has 0 bridgehead atoms. The van der Waals surface area contributed by atoms with E-state index < -0.39 is 0 Å². The van der Waals surface area contributed by atoms with Crippen LogP contribution in [0.3, 0.4) is 0 Å². The number of H-pyrrole nitrogens is 2. The maximum absolute atomic E-state index is 4.72. The molecule has 0 spiro atoms. The molecule has 0 unspecified atom stereocenters. The summed E-state index contributed by atoms with van der Waals surface area (Å²) < 4.78 is 0. The van der Waals surface area contributed by atoms with Crippen molar-refractivity contribution in [2.45, 2.75) is 51.9 Å². The first-order chi connectivity index (χ1) is 12.3. The summed E-state index contributed by atoms with van der Waals surface area (Å²) in [4.78, 5) is 10.8. The molecular weight excluding hydrogens is 312 g/mol. The van der Waals surface area contributed by atoms with Crippen LogP contribution in [0.4, 0.5) is 0 Å². The van der Waals surface area contributed by atoms with E-state index in [0.717, 1.165) is 46.7 Å². The fourth-order valence-corrected chi connectivity index (χ4v) is 4.02. The number of benzene rings is 1. The lowest BCUT2D eigenvalue weighted by atomic mass is 9.91. The van der Waals surface area contributed by atoms with Crippen LogP contribution >= 0.6 is 0 Å². The number of nitrogens with one attached hydrogen (secondary N) is 2. The molecule has 1 aromatic carbocycles. The number of hydrogen-bond donors (Lipinski definition) is 2. The van der Waals surface area contributed by atoms with Gasteiger partial charge < -0.3 is 9.88 Å². The van der Waals surface area contributed by atoms with Crippen molar-refractivity contribution in [3.63, 3.8) is 0 Å². The van der Waals surface area contributed by atoms with Crippen LogP contribution in [0.5, 0.6) is 0 Å². The average Bonchev–Trinajstić information content (AvgIpc) is 3.26. The van der Waals surface area contributed by atoms with Gasteiger partial charge in [0.05, 0.1) is 16.6 Å². The summed E-state index contributed by atoms with van der Waals surface area (Å²) in [6.45, 7) is 6.01. The van der Waals surface area contributed by atoms with Gasteiger partial charge in [0.2, 0.25) is 0 Å². The number of fused-ring (bicyclic) bond motifs is 3. The lowest BCUT2D eigenvalue weighted by Gasteiger charge is -2.31. The molecule has 3 heterocycles. The first kappa shape index (κ1) is 16.5. The van der Waals surface area contributed by atoms with Crippen molar-refractivity contribution in [3.8, 4) is 0 Å². The predicted molar refractivity (Wildman–Crippen MR) is 101 cm³/mol. The predicted octanol–water partition coefficient (Wildman–Crippen LogP) is 3.67. The molecule has 1 saturated heterocycles. The van der Waals surface area contributed by atoms with E-state index >= 15 is 0 Å². The highest BCUT2D eigenvalue weighted by Crippen LogP contribution is 2.23. The molecule has 6 heteroatoms. The van der Waals surface area contributed by atoms with Gasteiger partial charge in [0.15, 0.2) is 0 Å². The summed E-state index contributed by atoms with van der Waals surface area (Å²) >= 11 is 0. The summed E-state index contributed by atoms with van der Waals surface area (Å²) in [7, 11) is 0. The normalized spacial score (nSPS) is 17.0. The molecule has 1 fully saturated rings. The Kier molecular flexibility index (Phi) is 4.97. The van der Waals surface area contributed by atoms with Crippen molar-refractivity contribution in [3.05, 3.63) is 18.0 Å². The van der Waals surface area contributed by atoms with E-state index in [0.29, 0.717) is 0 Å². The highest BCUT2D eigenvalue weighted by molar-refractivity contribution is 5.99. The lowest BCUT2D eigenvalue weighted by Crippen LogP contribution is -2.34. The van der Waals surface area contributed by atoms with Crippen LogP contribution in [0.2, 0.25) is 0 Å². The van der Waals surface area contributed by atoms with Crippen LogP contribution in [0.25, 0.3) is 22.1 Å². The van der Waals surface area contributed by atoms with Crippen molar-refractivity contribution in [2.24, 2.45) is 5.92 Å². The molecule has 2 aromatic heterocycles. The Balaban J connectivity index is 1.28. The molecule has 134 valence electrons. The standard InChI is InChI=1S/C19H28N6/c1-2-3-5-14-9-12-25(13-10-14)11-4-6-17-20-15-7-8-16-19(18(15)21-17)23-24-22-16/h7-8,14H,2-6,9-13H2,1H3,(H,20,21)(H,22,23,24). The van der Waals surface area contributed by atoms with Crippen molar-refractivity contribution in [1.29, 1.82) is 0 Å². The Hall–Kier alpha value is -1.95. The van der Waals surface area contributed by atoms with Gasteiger partial charge in [-0.15, -0.1) is 5.10 Å². The molecule has 6 nitrogen and oxygen atoms in total. The Bertz CT molecular complexity index is 812. The van der Waals surface area contributed by atoms with Gasteiger partial charge in [-0.1, -0.05) is 31.4 Å². The van der Waals surface area contributed by atoms with E-state index in [1.807, 2.05) is 12.1 Å². The molecule has 3 aromatic rings.